The smallest absolute Gasteiger partial charge is 0.224 e. The summed E-state index contributed by atoms with van der Waals surface area (Å²) < 4.78 is 0. The van der Waals surface area contributed by atoms with Crippen molar-refractivity contribution in [3.63, 3.8) is 0 Å². The molecule has 1 aromatic carbocycles. The largest absolute Gasteiger partial charge is 0.394 e. The summed E-state index contributed by atoms with van der Waals surface area (Å²) in [5.41, 5.74) is 2.14. The molecule has 0 aromatic heterocycles. The Morgan fingerprint density at radius 3 is 2.39 bits per heavy atom. The number of aliphatic hydroxyl groups excluding tert-OH is 1. The summed E-state index contributed by atoms with van der Waals surface area (Å²) in [5, 5.41) is 15.6. The second kappa shape index (κ2) is 9.56. The zero-order valence-corrected chi connectivity index (χ0v) is 14.2. The second-order valence-corrected chi connectivity index (χ2v) is 6.56. The maximum Gasteiger partial charge on any atom is 0.224 e. The van der Waals surface area contributed by atoms with Crippen LogP contribution in [0.2, 0.25) is 0 Å². The minimum absolute atomic E-state index is 0.00745. The Bertz CT molecular complexity index is 461. The number of carbonyl (C=O) groups is 1. The first kappa shape index (κ1) is 17.8. The van der Waals surface area contributed by atoms with E-state index in [1.807, 2.05) is 19.1 Å². The van der Waals surface area contributed by atoms with E-state index >= 15 is 0 Å². The first-order chi connectivity index (χ1) is 11.2. The van der Waals surface area contributed by atoms with Gasteiger partial charge in [-0.1, -0.05) is 44.7 Å². The molecule has 4 nitrogen and oxygen atoms in total. The van der Waals surface area contributed by atoms with E-state index in [1.54, 1.807) is 0 Å². The Hall–Kier alpha value is -1.55. The Balaban J connectivity index is 1.82. The van der Waals surface area contributed by atoms with Crippen LogP contribution in [0, 0.1) is 0 Å². The lowest BCUT2D eigenvalue weighted by atomic mass is 10.1. The maximum absolute atomic E-state index is 11.9. The quantitative estimate of drug-likeness (QED) is 0.676. The molecule has 1 aliphatic rings. The maximum atomic E-state index is 11.9. The van der Waals surface area contributed by atoms with Gasteiger partial charge in [0.1, 0.15) is 0 Å². The molecule has 1 aliphatic carbocycles. The Labute approximate surface area is 139 Å². The van der Waals surface area contributed by atoms with Crippen molar-refractivity contribution in [3.05, 3.63) is 29.8 Å². The molecule has 1 unspecified atom stereocenters. The summed E-state index contributed by atoms with van der Waals surface area (Å²) in [4.78, 5) is 11.9. The topological polar surface area (TPSA) is 61.4 Å². The van der Waals surface area contributed by atoms with Gasteiger partial charge in [0.2, 0.25) is 5.91 Å². The summed E-state index contributed by atoms with van der Waals surface area (Å²) in [6.45, 7) is 1.95. The summed E-state index contributed by atoms with van der Waals surface area (Å²) in [6.07, 6.45) is 8.97. The van der Waals surface area contributed by atoms with Crippen molar-refractivity contribution < 1.29 is 9.90 Å². The van der Waals surface area contributed by atoms with E-state index in [1.165, 1.54) is 38.5 Å². The van der Waals surface area contributed by atoms with E-state index < -0.39 is 0 Å². The molecule has 0 bridgehead atoms. The average molecular weight is 318 g/mol. The fraction of sp³-hybridized carbons (Fsp3) is 0.632. The van der Waals surface area contributed by atoms with E-state index in [4.69, 9.17) is 5.11 Å². The SMILES string of the molecule is CCC(CO)NC(=O)Cc1ccc(NC2CCCCCC2)cc1. The lowest BCUT2D eigenvalue weighted by molar-refractivity contribution is -0.121. The zero-order valence-electron chi connectivity index (χ0n) is 14.2. The Morgan fingerprint density at radius 1 is 1.17 bits per heavy atom. The molecule has 0 aliphatic heterocycles. The van der Waals surface area contributed by atoms with E-state index in [9.17, 15) is 4.79 Å². The van der Waals surface area contributed by atoms with Crippen LogP contribution in [0.5, 0.6) is 0 Å². The van der Waals surface area contributed by atoms with Crippen molar-refractivity contribution in [2.75, 3.05) is 11.9 Å². The van der Waals surface area contributed by atoms with Crippen LogP contribution in [0.4, 0.5) is 5.69 Å². The molecule has 0 spiro atoms. The monoisotopic (exact) mass is 318 g/mol. The molecule has 4 heteroatoms. The fourth-order valence-electron chi connectivity index (χ4n) is 3.12. The number of amides is 1. The van der Waals surface area contributed by atoms with Crippen LogP contribution in [0.3, 0.4) is 0 Å². The lowest BCUT2D eigenvalue weighted by Gasteiger charge is -2.18. The van der Waals surface area contributed by atoms with Crippen LogP contribution >= 0.6 is 0 Å². The van der Waals surface area contributed by atoms with E-state index in [0.29, 0.717) is 12.5 Å². The summed E-state index contributed by atoms with van der Waals surface area (Å²) in [7, 11) is 0. The molecule has 0 heterocycles. The molecule has 1 atom stereocenters. The van der Waals surface area contributed by atoms with Gasteiger partial charge in [-0.15, -0.1) is 0 Å². The van der Waals surface area contributed by atoms with Gasteiger partial charge in [-0.05, 0) is 37.0 Å². The van der Waals surface area contributed by atoms with Gasteiger partial charge in [0, 0.05) is 11.7 Å². The molecule has 1 fully saturated rings. The highest BCUT2D eigenvalue weighted by atomic mass is 16.3. The van der Waals surface area contributed by atoms with Crippen molar-refractivity contribution in [3.8, 4) is 0 Å². The number of aliphatic hydroxyl groups is 1. The highest BCUT2D eigenvalue weighted by molar-refractivity contribution is 5.79. The Morgan fingerprint density at radius 2 is 1.83 bits per heavy atom. The number of hydrogen-bond donors (Lipinski definition) is 3. The number of rotatable bonds is 7. The third kappa shape index (κ3) is 6.22. The molecule has 1 aromatic rings. The number of hydrogen-bond acceptors (Lipinski definition) is 3. The summed E-state index contributed by atoms with van der Waals surface area (Å²) in [6, 6.07) is 8.60. The highest BCUT2D eigenvalue weighted by Gasteiger charge is 2.12. The molecule has 0 radical (unpaired) electrons. The minimum atomic E-state index is -0.140. The summed E-state index contributed by atoms with van der Waals surface area (Å²) in [5.74, 6) is -0.0321. The predicted octanol–water partition coefficient (Wildman–Crippen LogP) is 3.25. The third-order valence-corrected chi connectivity index (χ3v) is 4.62. The van der Waals surface area contributed by atoms with Gasteiger partial charge in [-0.2, -0.15) is 0 Å². The molecule has 0 saturated heterocycles. The normalized spacial score (nSPS) is 17.3. The molecule has 3 N–H and O–H groups in total. The number of nitrogens with one attached hydrogen (secondary N) is 2. The lowest BCUT2D eigenvalue weighted by Crippen LogP contribution is -2.37. The van der Waals surface area contributed by atoms with E-state index in [-0.39, 0.29) is 18.6 Å². The van der Waals surface area contributed by atoms with E-state index in [0.717, 1.165) is 17.7 Å². The van der Waals surface area contributed by atoms with Gasteiger partial charge in [-0.3, -0.25) is 4.79 Å². The van der Waals surface area contributed by atoms with Crippen molar-refractivity contribution in [2.45, 2.75) is 70.4 Å². The Kier molecular flexibility index (Phi) is 7.40. The molecular weight excluding hydrogens is 288 g/mol. The zero-order chi connectivity index (χ0) is 16.5. The average Bonchev–Trinajstić information content (AvgIpc) is 2.83. The van der Waals surface area contributed by atoms with Crippen LogP contribution < -0.4 is 10.6 Å². The van der Waals surface area contributed by atoms with Crippen molar-refractivity contribution >= 4 is 11.6 Å². The molecule has 2 rings (SSSR count). The highest BCUT2D eigenvalue weighted by Crippen LogP contribution is 2.21. The van der Waals surface area contributed by atoms with Crippen LogP contribution in [0.25, 0.3) is 0 Å². The molecule has 23 heavy (non-hydrogen) atoms. The molecule has 1 amide bonds. The number of carbonyl (C=O) groups excluding carboxylic acids is 1. The van der Waals surface area contributed by atoms with Crippen LogP contribution in [0.15, 0.2) is 24.3 Å². The van der Waals surface area contributed by atoms with Crippen molar-refractivity contribution in [1.82, 2.24) is 5.32 Å². The summed E-state index contributed by atoms with van der Waals surface area (Å²) >= 11 is 0. The van der Waals surface area contributed by atoms with Gasteiger partial charge >= 0.3 is 0 Å². The first-order valence-electron chi connectivity index (χ1n) is 8.97. The van der Waals surface area contributed by atoms with Gasteiger partial charge in [0.15, 0.2) is 0 Å². The third-order valence-electron chi connectivity index (χ3n) is 4.62. The van der Waals surface area contributed by atoms with Gasteiger partial charge in [0.05, 0.1) is 19.1 Å². The minimum Gasteiger partial charge on any atom is -0.394 e. The molecular formula is C19H30N2O2. The first-order valence-corrected chi connectivity index (χ1v) is 8.97. The molecule has 1 saturated carbocycles. The number of anilines is 1. The van der Waals surface area contributed by atoms with Gasteiger partial charge < -0.3 is 15.7 Å². The van der Waals surface area contributed by atoms with Crippen molar-refractivity contribution in [1.29, 1.82) is 0 Å². The second-order valence-electron chi connectivity index (χ2n) is 6.56. The standard InChI is InChI=1S/C19H30N2O2/c1-2-16(14-22)21-19(23)13-15-9-11-18(12-10-15)20-17-7-5-3-4-6-8-17/h9-12,16-17,20,22H,2-8,13-14H2,1H3,(H,21,23). The van der Waals surface area contributed by atoms with Crippen molar-refractivity contribution in [2.24, 2.45) is 0 Å². The van der Waals surface area contributed by atoms with Crippen LogP contribution in [0.1, 0.15) is 57.4 Å². The van der Waals surface area contributed by atoms with E-state index in [2.05, 4.69) is 22.8 Å². The number of benzene rings is 1. The fourth-order valence-corrected chi connectivity index (χ4v) is 3.12. The predicted molar refractivity (Wildman–Crippen MR) is 94.6 cm³/mol. The van der Waals surface area contributed by atoms with Gasteiger partial charge in [-0.25, -0.2) is 0 Å². The van der Waals surface area contributed by atoms with Gasteiger partial charge in [0.25, 0.3) is 0 Å². The van der Waals surface area contributed by atoms with Crippen LogP contribution in [-0.2, 0) is 11.2 Å². The van der Waals surface area contributed by atoms with Crippen LogP contribution in [-0.4, -0.2) is 29.7 Å². The molecule has 128 valence electrons.